The van der Waals surface area contributed by atoms with Crippen molar-refractivity contribution >= 4 is 0 Å². The zero-order chi connectivity index (χ0) is 9.11. The van der Waals surface area contributed by atoms with Crippen LogP contribution in [0.2, 0.25) is 0 Å². The van der Waals surface area contributed by atoms with E-state index in [0.29, 0.717) is 0 Å². The van der Waals surface area contributed by atoms with Crippen molar-refractivity contribution in [3.8, 4) is 0 Å². The molecule has 0 aliphatic rings. The predicted molar refractivity (Wildman–Crippen MR) is 48.5 cm³/mol. The van der Waals surface area contributed by atoms with E-state index < -0.39 is 0 Å². The van der Waals surface area contributed by atoms with Crippen LogP contribution in [0, 0.1) is 20.4 Å². The number of hydrogen-bond donors (Lipinski definition) is 0. The average Bonchev–Trinajstić information content (AvgIpc) is 2.13. The summed E-state index contributed by atoms with van der Waals surface area (Å²) < 4.78 is 7.94. The Morgan fingerprint density at radius 1 is 1.33 bits per heavy atom. The van der Waals surface area contributed by atoms with Crippen LogP contribution in [0.15, 0.2) is 24.3 Å². The van der Waals surface area contributed by atoms with Crippen molar-refractivity contribution < 1.29 is 19.5 Å². The van der Waals surface area contributed by atoms with Crippen molar-refractivity contribution in [2.45, 2.75) is 20.8 Å². The number of hydrogen-bond acceptors (Lipinski definition) is 1. The van der Waals surface area contributed by atoms with Gasteiger partial charge in [-0.1, -0.05) is 20.8 Å². The van der Waals surface area contributed by atoms with E-state index in [1.165, 1.54) is 5.56 Å². The van der Waals surface area contributed by atoms with Crippen molar-refractivity contribution in [1.29, 1.82) is 0 Å². The molecule has 1 aromatic carbocycles. The molecular weight excluding hydrogens is 195 g/mol. The van der Waals surface area contributed by atoms with E-state index in [0.717, 1.165) is 0 Å². The Kier molecular flexibility index (Phi) is 24.7. The summed E-state index contributed by atoms with van der Waals surface area (Å²) in [6.07, 6.45) is 0. The summed E-state index contributed by atoms with van der Waals surface area (Å²) in [6.45, 7) is 6.05. The van der Waals surface area contributed by atoms with Gasteiger partial charge in [0, 0.05) is 0 Å². The van der Waals surface area contributed by atoms with Crippen molar-refractivity contribution in [1.82, 2.24) is 0 Å². The first-order chi connectivity index (χ1) is 5.39. The molecule has 0 spiro atoms. The molecule has 0 aromatic heterocycles. The maximum atomic E-state index is 7.94. The second-order valence-corrected chi connectivity index (χ2v) is 1.58. The summed E-state index contributed by atoms with van der Waals surface area (Å²) in [5.74, 6) is 0. The molecule has 0 fully saturated rings. The Balaban J connectivity index is -0.000000144. The molecule has 12 heavy (non-hydrogen) atoms. The third-order valence-electron chi connectivity index (χ3n) is 0.863. The molecule has 0 N–H and O–H groups in total. The number of benzene rings is 1. The molecular formula is C10H16CoO-2. The van der Waals surface area contributed by atoms with Crippen LogP contribution in [0.1, 0.15) is 19.4 Å². The van der Waals surface area contributed by atoms with Gasteiger partial charge in [-0.25, -0.2) is 0 Å². The van der Waals surface area contributed by atoms with Crippen LogP contribution in [-0.2, 0) is 19.5 Å². The summed E-state index contributed by atoms with van der Waals surface area (Å²) >= 11 is 2.31. The molecule has 0 radical (unpaired) electrons. The topological polar surface area (TPSA) is 17.1 Å². The minimum absolute atomic E-state index is 0. The minimum atomic E-state index is 0. The standard InChI is InChI=1S/C7H7.C2H6.CH3.Co.O/c1-7-5-3-2-4-6-7;1-2;;;/h2-3,5-6H,1H3;1-2H3;1H3;;/q-1;;-1;;. The molecule has 73 valence electrons. The van der Waals surface area contributed by atoms with Gasteiger partial charge in [0.1, 0.15) is 0 Å². The molecule has 0 atom stereocenters. The van der Waals surface area contributed by atoms with Crippen LogP contribution in [0.4, 0.5) is 0 Å². The van der Waals surface area contributed by atoms with Gasteiger partial charge in [-0.3, -0.25) is 0 Å². The first-order valence-corrected chi connectivity index (χ1v) is 3.88. The van der Waals surface area contributed by atoms with E-state index >= 15 is 0 Å². The van der Waals surface area contributed by atoms with Gasteiger partial charge in [-0.2, -0.15) is 35.9 Å². The quantitative estimate of drug-likeness (QED) is 0.602. The maximum absolute atomic E-state index is 7.94. The van der Waals surface area contributed by atoms with Gasteiger partial charge in [-0.05, 0) is 0 Å². The molecule has 2 heteroatoms. The first kappa shape index (κ1) is 17.6. The van der Waals surface area contributed by atoms with E-state index in [1.54, 1.807) is 0 Å². The van der Waals surface area contributed by atoms with Crippen LogP contribution in [0.25, 0.3) is 0 Å². The molecule has 0 unspecified atom stereocenters. The summed E-state index contributed by atoms with van der Waals surface area (Å²) in [7, 11) is 0. The molecule has 0 amide bonds. The molecule has 1 nitrogen and oxygen atoms in total. The molecule has 1 aromatic rings. The van der Waals surface area contributed by atoms with Crippen molar-refractivity contribution in [3.63, 3.8) is 0 Å². The van der Waals surface area contributed by atoms with Crippen molar-refractivity contribution in [2.75, 3.05) is 0 Å². The summed E-state index contributed by atoms with van der Waals surface area (Å²) in [5, 5.41) is 0. The van der Waals surface area contributed by atoms with Crippen molar-refractivity contribution in [3.05, 3.63) is 43.3 Å². The third-order valence-corrected chi connectivity index (χ3v) is 0.863. The van der Waals surface area contributed by atoms with Gasteiger partial charge in [-0.15, -0.1) is 0 Å². The Morgan fingerprint density at radius 3 is 2.00 bits per heavy atom. The Hall–Kier alpha value is -0.474. The molecule has 0 heterocycles. The predicted octanol–water partition coefficient (Wildman–Crippen LogP) is 3.15. The van der Waals surface area contributed by atoms with Gasteiger partial charge in [0.25, 0.3) is 0 Å². The first-order valence-electron chi connectivity index (χ1n) is 3.46. The second kappa shape index (κ2) is 16.9. The zero-order valence-electron chi connectivity index (χ0n) is 8.05. The Bertz CT molecular complexity index is 151. The van der Waals surface area contributed by atoms with Gasteiger partial charge in [0.15, 0.2) is 0 Å². The molecule has 0 bridgehead atoms. The Morgan fingerprint density at radius 2 is 1.83 bits per heavy atom. The van der Waals surface area contributed by atoms with Gasteiger partial charge in [0.05, 0.1) is 0 Å². The van der Waals surface area contributed by atoms with Crippen LogP contribution < -0.4 is 0 Å². The monoisotopic (exact) mass is 211 g/mol. The molecule has 0 saturated heterocycles. The van der Waals surface area contributed by atoms with Gasteiger partial charge >= 0.3 is 19.5 Å². The van der Waals surface area contributed by atoms with E-state index in [4.69, 9.17) is 3.87 Å². The molecule has 1 rings (SSSR count). The third kappa shape index (κ3) is 12.2. The van der Waals surface area contributed by atoms with Crippen LogP contribution in [0.5, 0.6) is 0 Å². The van der Waals surface area contributed by atoms with E-state index in [-0.39, 0.29) is 7.43 Å². The fraction of sp³-hybridized carbons (Fsp3) is 0.300. The van der Waals surface area contributed by atoms with E-state index in [9.17, 15) is 0 Å². The SMILES string of the molecule is CC.Cc1c[c-]ccc1.[CH3-].[O]=[Co]. The van der Waals surface area contributed by atoms with Crippen LogP contribution in [-0.4, -0.2) is 0 Å². The van der Waals surface area contributed by atoms with Gasteiger partial charge in [0.2, 0.25) is 0 Å². The summed E-state index contributed by atoms with van der Waals surface area (Å²) in [6, 6.07) is 10.8. The van der Waals surface area contributed by atoms with E-state index in [2.05, 4.69) is 34.7 Å². The second-order valence-electron chi connectivity index (χ2n) is 1.58. The zero-order valence-corrected chi connectivity index (χ0v) is 9.09. The Labute approximate surface area is 84.0 Å². The van der Waals surface area contributed by atoms with Crippen molar-refractivity contribution in [2.24, 2.45) is 0 Å². The van der Waals surface area contributed by atoms with E-state index in [1.807, 2.05) is 32.0 Å². The summed E-state index contributed by atoms with van der Waals surface area (Å²) in [4.78, 5) is 0. The normalized spacial score (nSPS) is 6.00. The molecule has 0 aliphatic carbocycles. The average molecular weight is 211 g/mol. The summed E-state index contributed by atoms with van der Waals surface area (Å²) in [5.41, 5.74) is 1.27. The fourth-order valence-electron chi connectivity index (χ4n) is 0.483. The molecule has 0 aliphatic heterocycles. The fourth-order valence-corrected chi connectivity index (χ4v) is 0.483. The van der Waals surface area contributed by atoms with Crippen LogP contribution >= 0.6 is 0 Å². The number of rotatable bonds is 0. The van der Waals surface area contributed by atoms with Gasteiger partial charge < -0.3 is 7.43 Å². The molecule has 0 saturated carbocycles. The number of aryl methyl sites for hydroxylation is 1. The van der Waals surface area contributed by atoms with Crippen LogP contribution in [0.3, 0.4) is 0 Å².